The van der Waals surface area contributed by atoms with E-state index in [4.69, 9.17) is 9.47 Å². The minimum Gasteiger partial charge on any atom is -0.481 e. The summed E-state index contributed by atoms with van der Waals surface area (Å²) in [5.74, 6) is 1.69. The summed E-state index contributed by atoms with van der Waals surface area (Å²) in [6, 6.07) is 7.08. The number of aryl methyl sites for hydroxylation is 1. The Morgan fingerprint density at radius 1 is 1.27 bits per heavy atom. The van der Waals surface area contributed by atoms with Gasteiger partial charge in [-0.1, -0.05) is 0 Å². The summed E-state index contributed by atoms with van der Waals surface area (Å²) in [7, 11) is 1.55. The van der Waals surface area contributed by atoms with Crippen molar-refractivity contribution in [2.75, 3.05) is 37.5 Å². The summed E-state index contributed by atoms with van der Waals surface area (Å²) < 4.78 is 10.4. The van der Waals surface area contributed by atoms with Gasteiger partial charge in [0, 0.05) is 25.8 Å². The van der Waals surface area contributed by atoms with Crippen LogP contribution in [0.3, 0.4) is 0 Å². The minimum atomic E-state index is -0.220. The second-order valence-electron chi connectivity index (χ2n) is 6.31. The Morgan fingerprint density at radius 2 is 2.08 bits per heavy atom. The molecule has 7 nitrogen and oxygen atoms in total. The molecule has 2 N–H and O–H groups in total. The van der Waals surface area contributed by atoms with Crippen molar-refractivity contribution in [1.82, 2.24) is 9.97 Å². The molecule has 1 saturated heterocycles. The van der Waals surface area contributed by atoms with Gasteiger partial charge in [0.2, 0.25) is 5.88 Å². The number of nitrogens with one attached hydrogen (secondary N) is 2. The van der Waals surface area contributed by atoms with Gasteiger partial charge in [-0.2, -0.15) is 0 Å². The molecule has 7 heteroatoms. The van der Waals surface area contributed by atoms with E-state index < -0.39 is 0 Å². The van der Waals surface area contributed by atoms with Crippen molar-refractivity contribution in [2.24, 2.45) is 5.92 Å². The Hall–Kier alpha value is -2.67. The molecule has 0 atom stereocenters. The molecule has 1 fully saturated rings. The molecule has 0 radical (unpaired) electrons. The number of ether oxygens (including phenoxy) is 2. The monoisotopic (exact) mass is 356 g/mol. The SMILES string of the molecule is COc1ccc(C(=O)Nc2ccc(NCC3CCOCC3)nc2)c(C)n1. The van der Waals surface area contributed by atoms with Gasteiger partial charge in [-0.05, 0) is 43.9 Å². The van der Waals surface area contributed by atoms with Crippen molar-refractivity contribution in [1.29, 1.82) is 0 Å². The smallest absolute Gasteiger partial charge is 0.257 e. The Kier molecular flexibility index (Phi) is 6.01. The van der Waals surface area contributed by atoms with Crippen LogP contribution >= 0.6 is 0 Å². The lowest BCUT2D eigenvalue weighted by Crippen LogP contribution is -2.22. The van der Waals surface area contributed by atoms with Crippen LogP contribution in [0.5, 0.6) is 5.88 Å². The van der Waals surface area contributed by atoms with E-state index in [0.717, 1.165) is 38.4 Å². The zero-order valence-electron chi connectivity index (χ0n) is 15.1. The second kappa shape index (κ2) is 8.62. The molecule has 2 aromatic rings. The Morgan fingerprint density at radius 3 is 2.73 bits per heavy atom. The number of rotatable bonds is 6. The first-order valence-corrected chi connectivity index (χ1v) is 8.76. The first-order chi connectivity index (χ1) is 12.7. The van der Waals surface area contributed by atoms with E-state index >= 15 is 0 Å². The standard InChI is InChI=1S/C19H24N4O3/c1-13-16(4-6-18(22-13)25-2)19(24)23-15-3-5-17(21-12-15)20-11-14-7-9-26-10-8-14/h3-6,12,14H,7-11H2,1-2H3,(H,20,21)(H,23,24). The molecule has 0 spiro atoms. The lowest BCUT2D eigenvalue weighted by molar-refractivity contribution is 0.0699. The number of carbonyl (C=O) groups excluding carboxylic acids is 1. The number of hydrogen-bond donors (Lipinski definition) is 2. The topological polar surface area (TPSA) is 85.4 Å². The molecule has 1 amide bonds. The van der Waals surface area contributed by atoms with Crippen LogP contribution in [0.1, 0.15) is 28.9 Å². The van der Waals surface area contributed by atoms with E-state index in [9.17, 15) is 4.79 Å². The Labute approximate surface area is 153 Å². The molecule has 3 rings (SSSR count). The predicted octanol–water partition coefficient (Wildman–Crippen LogP) is 2.88. The molecule has 3 heterocycles. The molecular formula is C19H24N4O3. The van der Waals surface area contributed by atoms with Gasteiger partial charge >= 0.3 is 0 Å². The van der Waals surface area contributed by atoms with Gasteiger partial charge < -0.3 is 20.1 Å². The van der Waals surface area contributed by atoms with Crippen molar-refractivity contribution in [3.05, 3.63) is 41.7 Å². The van der Waals surface area contributed by atoms with Crippen LogP contribution in [0.2, 0.25) is 0 Å². The lowest BCUT2D eigenvalue weighted by atomic mass is 10.0. The third kappa shape index (κ3) is 4.70. The average molecular weight is 356 g/mol. The number of anilines is 2. The van der Waals surface area contributed by atoms with E-state index in [-0.39, 0.29) is 5.91 Å². The summed E-state index contributed by atoms with van der Waals surface area (Å²) in [4.78, 5) is 21.0. The maximum atomic E-state index is 12.4. The molecular weight excluding hydrogens is 332 g/mol. The van der Waals surface area contributed by atoms with Crippen LogP contribution < -0.4 is 15.4 Å². The van der Waals surface area contributed by atoms with Crippen molar-refractivity contribution in [2.45, 2.75) is 19.8 Å². The normalized spacial score (nSPS) is 14.7. The maximum absolute atomic E-state index is 12.4. The van der Waals surface area contributed by atoms with Crippen LogP contribution in [0, 0.1) is 12.8 Å². The second-order valence-corrected chi connectivity index (χ2v) is 6.31. The fourth-order valence-corrected chi connectivity index (χ4v) is 2.86. The third-order valence-corrected chi connectivity index (χ3v) is 4.45. The van der Waals surface area contributed by atoms with Crippen LogP contribution in [-0.2, 0) is 4.74 Å². The third-order valence-electron chi connectivity index (χ3n) is 4.45. The molecule has 0 bridgehead atoms. The number of hydrogen-bond acceptors (Lipinski definition) is 6. The molecule has 1 aliphatic heterocycles. The quantitative estimate of drug-likeness (QED) is 0.828. The minimum absolute atomic E-state index is 0.220. The highest BCUT2D eigenvalue weighted by Gasteiger charge is 2.14. The first kappa shape index (κ1) is 18.1. The van der Waals surface area contributed by atoms with Crippen LogP contribution in [0.15, 0.2) is 30.5 Å². The number of nitrogens with zero attached hydrogens (tertiary/aromatic N) is 2. The molecule has 0 aliphatic carbocycles. The maximum Gasteiger partial charge on any atom is 0.257 e. The van der Waals surface area contributed by atoms with E-state index in [1.165, 1.54) is 0 Å². The number of methoxy groups -OCH3 is 1. The summed E-state index contributed by atoms with van der Waals surface area (Å²) >= 11 is 0. The summed E-state index contributed by atoms with van der Waals surface area (Å²) in [6.07, 6.45) is 3.81. The van der Waals surface area contributed by atoms with E-state index in [0.29, 0.717) is 28.7 Å². The highest BCUT2D eigenvalue weighted by molar-refractivity contribution is 6.04. The summed E-state index contributed by atoms with van der Waals surface area (Å²) in [5.41, 5.74) is 1.76. The highest BCUT2D eigenvalue weighted by atomic mass is 16.5. The molecule has 2 aromatic heterocycles. The molecule has 0 saturated carbocycles. The Balaban J connectivity index is 1.55. The molecule has 0 aromatic carbocycles. The molecule has 138 valence electrons. The van der Waals surface area contributed by atoms with E-state index in [2.05, 4.69) is 20.6 Å². The number of carbonyl (C=O) groups is 1. The molecule has 0 unspecified atom stereocenters. The average Bonchev–Trinajstić information content (AvgIpc) is 2.68. The molecule has 1 aliphatic rings. The van der Waals surface area contributed by atoms with Crippen molar-refractivity contribution >= 4 is 17.4 Å². The van der Waals surface area contributed by atoms with Crippen LogP contribution in [-0.4, -0.2) is 42.7 Å². The summed E-state index contributed by atoms with van der Waals surface area (Å²) in [5, 5.41) is 6.19. The van der Waals surface area contributed by atoms with Gasteiger partial charge in [0.1, 0.15) is 5.82 Å². The zero-order valence-corrected chi connectivity index (χ0v) is 15.1. The summed E-state index contributed by atoms with van der Waals surface area (Å²) in [6.45, 7) is 4.34. The van der Waals surface area contributed by atoms with E-state index in [1.807, 2.05) is 12.1 Å². The fourth-order valence-electron chi connectivity index (χ4n) is 2.86. The van der Waals surface area contributed by atoms with Crippen LogP contribution in [0.4, 0.5) is 11.5 Å². The van der Waals surface area contributed by atoms with Gasteiger partial charge in [0.05, 0.1) is 30.3 Å². The molecule has 26 heavy (non-hydrogen) atoms. The first-order valence-electron chi connectivity index (χ1n) is 8.76. The number of amides is 1. The largest absolute Gasteiger partial charge is 0.481 e. The van der Waals surface area contributed by atoms with Gasteiger partial charge in [-0.15, -0.1) is 0 Å². The highest BCUT2D eigenvalue weighted by Crippen LogP contribution is 2.17. The predicted molar refractivity (Wildman–Crippen MR) is 99.7 cm³/mol. The van der Waals surface area contributed by atoms with Crippen molar-refractivity contribution in [3.63, 3.8) is 0 Å². The number of pyridine rings is 2. The van der Waals surface area contributed by atoms with Crippen LogP contribution in [0.25, 0.3) is 0 Å². The zero-order chi connectivity index (χ0) is 18.4. The number of aromatic nitrogens is 2. The van der Waals surface area contributed by atoms with Gasteiger partial charge in [0.15, 0.2) is 0 Å². The lowest BCUT2D eigenvalue weighted by Gasteiger charge is -2.22. The van der Waals surface area contributed by atoms with E-state index in [1.54, 1.807) is 32.4 Å². The van der Waals surface area contributed by atoms with Gasteiger partial charge in [0.25, 0.3) is 5.91 Å². The van der Waals surface area contributed by atoms with Gasteiger partial charge in [-0.25, -0.2) is 9.97 Å². The fraction of sp³-hybridized carbons (Fsp3) is 0.421. The van der Waals surface area contributed by atoms with Crippen molar-refractivity contribution in [3.8, 4) is 5.88 Å². The van der Waals surface area contributed by atoms with Gasteiger partial charge in [-0.3, -0.25) is 4.79 Å². The van der Waals surface area contributed by atoms with Crippen molar-refractivity contribution < 1.29 is 14.3 Å². The Bertz CT molecular complexity index is 743.